The Morgan fingerprint density at radius 3 is 2.28 bits per heavy atom. The zero-order valence-corrected chi connectivity index (χ0v) is 12.5. The average Bonchev–Trinajstić information content (AvgIpc) is 2.62. The average molecular weight is 302 g/mol. The van der Waals surface area contributed by atoms with Crippen molar-refractivity contribution in [2.45, 2.75) is 26.3 Å². The summed E-state index contributed by atoms with van der Waals surface area (Å²) >= 11 is 3.57. The molecule has 1 aromatic heterocycles. The minimum absolute atomic E-state index is 0.0786. The molecule has 1 nitrogen and oxygen atoms in total. The Bertz CT molecular complexity index is 732. The number of hydrogen-bond acceptors (Lipinski definition) is 0. The normalized spacial score (nSPS) is 12.4. The molecule has 0 saturated heterocycles. The first-order chi connectivity index (χ1) is 8.48. The molecule has 0 radical (unpaired) electrons. The molecule has 0 saturated carbocycles. The van der Waals surface area contributed by atoms with Crippen molar-refractivity contribution in [3.05, 3.63) is 46.9 Å². The van der Waals surface area contributed by atoms with Gasteiger partial charge in [0.15, 0.2) is 0 Å². The fourth-order valence-electron chi connectivity index (χ4n) is 2.67. The zero-order valence-electron chi connectivity index (χ0n) is 10.9. The number of para-hydroxylation sites is 1. The molecule has 2 aromatic carbocycles. The predicted molar refractivity (Wildman–Crippen MR) is 82.1 cm³/mol. The Balaban J connectivity index is 2.58. The van der Waals surface area contributed by atoms with Gasteiger partial charge >= 0.3 is 0 Å². The first-order valence-corrected chi connectivity index (χ1v) is 6.97. The minimum Gasteiger partial charge on any atom is -0.335 e. The van der Waals surface area contributed by atoms with Gasteiger partial charge in [0.2, 0.25) is 0 Å². The Morgan fingerprint density at radius 1 is 0.889 bits per heavy atom. The monoisotopic (exact) mass is 301 g/mol. The molecule has 0 fully saturated rings. The lowest BCUT2D eigenvalue weighted by Crippen LogP contribution is -2.21. The van der Waals surface area contributed by atoms with Crippen LogP contribution in [0, 0.1) is 0 Å². The molecule has 0 amide bonds. The number of rotatable bonds is 0. The van der Waals surface area contributed by atoms with Crippen molar-refractivity contribution in [1.82, 2.24) is 4.57 Å². The molecule has 0 aliphatic rings. The van der Waals surface area contributed by atoms with Crippen LogP contribution in [0.5, 0.6) is 0 Å². The first-order valence-electron chi connectivity index (χ1n) is 6.18. The van der Waals surface area contributed by atoms with Crippen LogP contribution >= 0.6 is 15.9 Å². The third-order valence-corrected chi connectivity index (χ3v) is 3.80. The van der Waals surface area contributed by atoms with Gasteiger partial charge in [-0.1, -0.05) is 34.1 Å². The van der Waals surface area contributed by atoms with Gasteiger partial charge in [0, 0.05) is 31.8 Å². The summed E-state index contributed by atoms with van der Waals surface area (Å²) in [7, 11) is 0. The summed E-state index contributed by atoms with van der Waals surface area (Å²) in [4.78, 5) is 0. The highest BCUT2D eigenvalue weighted by molar-refractivity contribution is 9.10. The quantitative estimate of drug-likeness (QED) is 0.530. The highest BCUT2D eigenvalue weighted by Gasteiger charge is 2.19. The Kier molecular flexibility index (Phi) is 2.53. The van der Waals surface area contributed by atoms with Gasteiger partial charge in [0.25, 0.3) is 0 Å². The number of hydrogen-bond donors (Lipinski definition) is 0. The van der Waals surface area contributed by atoms with Gasteiger partial charge in [0.05, 0.1) is 0 Å². The minimum atomic E-state index is 0.0786. The number of halogens is 1. The standard InChI is InChI=1S/C16H16BrN/c1-16(2,3)18-14-7-5-4-6-12(14)13-10-11(17)8-9-15(13)18/h4-10H,1-3H3. The van der Waals surface area contributed by atoms with Gasteiger partial charge in [-0.05, 0) is 45.0 Å². The summed E-state index contributed by atoms with van der Waals surface area (Å²) in [5.74, 6) is 0. The van der Waals surface area contributed by atoms with E-state index in [0.717, 1.165) is 4.47 Å². The first kappa shape index (κ1) is 11.8. The highest BCUT2D eigenvalue weighted by atomic mass is 79.9. The van der Waals surface area contributed by atoms with Crippen molar-refractivity contribution in [3.8, 4) is 0 Å². The summed E-state index contributed by atoms with van der Waals surface area (Å²) in [5, 5.41) is 2.64. The van der Waals surface area contributed by atoms with Gasteiger partial charge in [0.1, 0.15) is 0 Å². The van der Waals surface area contributed by atoms with E-state index in [1.807, 2.05) is 0 Å². The lowest BCUT2D eigenvalue weighted by atomic mass is 10.1. The largest absolute Gasteiger partial charge is 0.335 e. The highest BCUT2D eigenvalue weighted by Crippen LogP contribution is 2.35. The molecule has 0 spiro atoms. The maximum atomic E-state index is 3.57. The second-order valence-electron chi connectivity index (χ2n) is 5.68. The molecule has 0 atom stereocenters. The summed E-state index contributed by atoms with van der Waals surface area (Å²) in [6.45, 7) is 6.75. The van der Waals surface area contributed by atoms with Crippen molar-refractivity contribution >= 4 is 37.7 Å². The van der Waals surface area contributed by atoms with Crippen molar-refractivity contribution in [2.24, 2.45) is 0 Å². The maximum Gasteiger partial charge on any atom is 0.0497 e. The summed E-state index contributed by atoms with van der Waals surface area (Å²) in [6, 6.07) is 15.1. The lowest BCUT2D eigenvalue weighted by molar-refractivity contribution is 0.423. The lowest BCUT2D eigenvalue weighted by Gasteiger charge is -2.24. The molecule has 0 aliphatic heterocycles. The molecule has 1 heterocycles. The molecule has 3 rings (SSSR count). The van der Waals surface area contributed by atoms with Crippen LogP contribution in [-0.2, 0) is 5.54 Å². The van der Waals surface area contributed by atoms with E-state index in [4.69, 9.17) is 0 Å². The van der Waals surface area contributed by atoms with Crippen LogP contribution in [0.1, 0.15) is 20.8 Å². The summed E-state index contributed by atoms with van der Waals surface area (Å²) < 4.78 is 3.55. The number of benzene rings is 2. The maximum absolute atomic E-state index is 3.57. The van der Waals surface area contributed by atoms with E-state index >= 15 is 0 Å². The van der Waals surface area contributed by atoms with E-state index in [2.05, 4.69) is 83.7 Å². The molecule has 18 heavy (non-hydrogen) atoms. The molecule has 92 valence electrons. The van der Waals surface area contributed by atoms with Crippen LogP contribution < -0.4 is 0 Å². The molecule has 0 N–H and O–H groups in total. The van der Waals surface area contributed by atoms with E-state index in [0.29, 0.717) is 0 Å². The number of aromatic nitrogens is 1. The van der Waals surface area contributed by atoms with E-state index in [1.165, 1.54) is 21.8 Å². The summed E-state index contributed by atoms with van der Waals surface area (Å²) in [6.07, 6.45) is 0. The third kappa shape index (κ3) is 1.67. The van der Waals surface area contributed by atoms with Gasteiger partial charge in [-0.15, -0.1) is 0 Å². The van der Waals surface area contributed by atoms with Crippen molar-refractivity contribution < 1.29 is 0 Å². The molecule has 0 bridgehead atoms. The SMILES string of the molecule is CC(C)(C)n1c2ccccc2c2cc(Br)ccc21. The second kappa shape index (κ2) is 3.86. The number of nitrogens with zero attached hydrogens (tertiary/aromatic N) is 1. The molecule has 0 unspecified atom stereocenters. The Hall–Kier alpha value is -1.28. The van der Waals surface area contributed by atoms with Crippen LogP contribution in [-0.4, -0.2) is 4.57 Å². The van der Waals surface area contributed by atoms with Crippen molar-refractivity contribution in [1.29, 1.82) is 0 Å². The van der Waals surface area contributed by atoms with Crippen LogP contribution in [0.25, 0.3) is 21.8 Å². The van der Waals surface area contributed by atoms with Gasteiger partial charge in [-0.25, -0.2) is 0 Å². The van der Waals surface area contributed by atoms with Crippen LogP contribution in [0.15, 0.2) is 46.9 Å². The molecule has 0 aliphatic carbocycles. The van der Waals surface area contributed by atoms with E-state index in [9.17, 15) is 0 Å². The van der Waals surface area contributed by atoms with Crippen molar-refractivity contribution in [2.75, 3.05) is 0 Å². The van der Waals surface area contributed by atoms with E-state index < -0.39 is 0 Å². The van der Waals surface area contributed by atoms with Crippen LogP contribution in [0.3, 0.4) is 0 Å². The van der Waals surface area contributed by atoms with E-state index in [-0.39, 0.29) is 5.54 Å². The number of fused-ring (bicyclic) bond motifs is 3. The Morgan fingerprint density at radius 2 is 1.56 bits per heavy atom. The molecular formula is C16H16BrN. The third-order valence-electron chi connectivity index (χ3n) is 3.31. The molecule has 2 heteroatoms. The Labute approximate surface area is 116 Å². The van der Waals surface area contributed by atoms with Crippen LogP contribution in [0.2, 0.25) is 0 Å². The fraction of sp³-hybridized carbons (Fsp3) is 0.250. The molecular weight excluding hydrogens is 286 g/mol. The predicted octanol–water partition coefficient (Wildman–Crippen LogP) is 5.31. The summed E-state index contributed by atoms with van der Waals surface area (Å²) in [5.41, 5.74) is 2.68. The molecule has 3 aromatic rings. The van der Waals surface area contributed by atoms with Crippen LogP contribution in [0.4, 0.5) is 0 Å². The fourth-order valence-corrected chi connectivity index (χ4v) is 3.03. The second-order valence-corrected chi connectivity index (χ2v) is 6.60. The van der Waals surface area contributed by atoms with E-state index in [1.54, 1.807) is 0 Å². The smallest absolute Gasteiger partial charge is 0.0497 e. The van der Waals surface area contributed by atoms with Gasteiger partial charge in [-0.3, -0.25) is 0 Å². The van der Waals surface area contributed by atoms with Gasteiger partial charge < -0.3 is 4.57 Å². The zero-order chi connectivity index (χ0) is 12.9. The topological polar surface area (TPSA) is 4.93 Å². The van der Waals surface area contributed by atoms with Gasteiger partial charge in [-0.2, -0.15) is 0 Å². The van der Waals surface area contributed by atoms with Crippen molar-refractivity contribution in [3.63, 3.8) is 0 Å².